The van der Waals surface area contributed by atoms with Crippen LogP contribution in [0.2, 0.25) is 0 Å². The second kappa shape index (κ2) is 8.77. The van der Waals surface area contributed by atoms with Gasteiger partial charge in [-0.2, -0.15) is 4.89 Å². The summed E-state index contributed by atoms with van der Waals surface area (Å²) in [5.74, 6) is -0.833. The van der Waals surface area contributed by atoms with Gasteiger partial charge in [-0.15, -0.1) is 0 Å². The Hall–Kier alpha value is -2.43. The van der Waals surface area contributed by atoms with Gasteiger partial charge in [0.05, 0.1) is 0 Å². The molecule has 2 rings (SSSR count). The summed E-state index contributed by atoms with van der Waals surface area (Å²) < 4.78 is 0. The summed E-state index contributed by atoms with van der Waals surface area (Å²) in [5, 5.41) is 9.65. The topological polar surface area (TPSA) is 55.8 Å². The predicted octanol–water partition coefficient (Wildman–Crippen LogP) is 2.82. The SMILES string of the molecule is O=C(OOCc1ccccc1)[C@@H](O)/C=C/Cc1ccccc1. The molecule has 0 fully saturated rings. The predicted molar refractivity (Wildman–Crippen MR) is 82.6 cm³/mol. The molecule has 0 bridgehead atoms. The number of allylic oxidation sites excluding steroid dienone is 1. The molecule has 22 heavy (non-hydrogen) atoms. The molecular weight excluding hydrogens is 280 g/mol. The number of aliphatic hydroxyl groups excluding tert-OH is 1. The number of hydrogen-bond donors (Lipinski definition) is 1. The molecule has 0 aliphatic rings. The van der Waals surface area contributed by atoms with E-state index in [2.05, 4.69) is 4.89 Å². The normalized spacial score (nSPS) is 12.2. The van der Waals surface area contributed by atoms with Gasteiger partial charge in [0.2, 0.25) is 0 Å². The molecule has 0 unspecified atom stereocenters. The molecule has 1 atom stereocenters. The van der Waals surface area contributed by atoms with E-state index in [4.69, 9.17) is 4.89 Å². The van der Waals surface area contributed by atoms with Gasteiger partial charge in [0.1, 0.15) is 6.61 Å². The molecule has 0 aliphatic carbocycles. The third-order valence-corrected chi connectivity index (χ3v) is 2.97. The summed E-state index contributed by atoms with van der Waals surface area (Å²) in [4.78, 5) is 20.9. The summed E-state index contributed by atoms with van der Waals surface area (Å²) >= 11 is 0. The molecule has 0 aliphatic heterocycles. The molecule has 114 valence electrons. The maximum absolute atomic E-state index is 11.5. The van der Waals surface area contributed by atoms with Crippen LogP contribution in [0, 0.1) is 0 Å². The molecule has 0 aromatic heterocycles. The molecule has 0 saturated carbocycles. The third-order valence-electron chi connectivity index (χ3n) is 2.97. The minimum atomic E-state index is -1.33. The number of aliphatic hydroxyl groups is 1. The van der Waals surface area contributed by atoms with Crippen LogP contribution >= 0.6 is 0 Å². The summed E-state index contributed by atoms with van der Waals surface area (Å²) in [6.07, 6.45) is 2.41. The molecule has 2 aromatic rings. The van der Waals surface area contributed by atoms with Crippen LogP contribution in [0.5, 0.6) is 0 Å². The van der Waals surface area contributed by atoms with Gasteiger partial charge in [0, 0.05) is 0 Å². The fourth-order valence-electron chi connectivity index (χ4n) is 1.80. The van der Waals surface area contributed by atoms with E-state index < -0.39 is 12.1 Å². The van der Waals surface area contributed by atoms with Crippen LogP contribution in [0.3, 0.4) is 0 Å². The molecule has 0 heterocycles. The Labute approximate surface area is 129 Å². The largest absolute Gasteiger partial charge is 0.377 e. The Morgan fingerprint density at radius 3 is 2.23 bits per heavy atom. The first kappa shape index (κ1) is 15.9. The van der Waals surface area contributed by atoms with Crippen LogP contribution in [0.15, 0.2) is 72.8 Å². The fraction of sp³-hybridized carbons (Fsp3) is 0.167. The van der Waals surface area contributed by atoms with E-state index in [1.165, 1.54) is 6.08 Å². The average molecular weight is 298 g/mol. The van der Waals surface area contributed by atoms with Gasteiger partial charge in [0.25, 0.3) is 0 Å². The van der Waals surface area contributed by atoms with Crippen molar-refractivity contribution in [3.05, 3.63) is 83.9 Å². The van der Waals surface area contributed by atoms with Crippen molar-refractivity contribution in [1.29, 1.82) is 0 Å². The van der Waals surface area contributed by atoms with Crippen LogP contribution in [-0.2, 0) is 27.6 Å². The first-order valence-corrected chi connectivity index (χ1v) is 7.01. The first-order chi connectivity index (χ1) is 10.8. The number of benzene rings is 2. The minimum Gasteiger partial charge on any atom is -0.377 e. The van der Waals surface area contributed by atoms with Crippen molar-refractivity contribution in [2.75, 3.05) is 0 Å². The molecule has 1 N–H and O–H groups in total. The lowest BCUT2D eigenvalue weighted by Crippen LogP contribution is -2.21. The monoisotopic (exact) mass is 298 g/mol. The van der Waals surface area contributed by atoms with E-state index in [-0.39, 0.29) is 6.61 Å². The molecule has 4 nitrogen and oxygen atoms in total. The lowest BCUT2D eigenvalue weighted by atomic mass is 10.1. The maximum Gasteiger partial charge on any atom is 0.374 e. The van der Waals surface area contributed by atoms with Crippen LogP contribution in [0.4, 0.5) is 0 Å². The van der Waals surface area contributed by atoms with E-state index in [0.29, 0.717) is 6.42 Å². The summed E-state index contributed by atoms with van der Waals surface area (Å²) in [5.41, 5.74) is 1.98. The Morgan fingerprint density at radius 2 is 1.59 bits per heavy atom. The van der Waals surface area contributed by atoms with E-state index in [1.807, 2.05) is 60.7 Å². The molecule has 4 heteroatoms. The zero-order valence-electron chi connectivity index (χ0n) is 12.1. The molecule has 0 radical (unpaired) electrons. The zero-order chi connectivity index (χ0) is 15.6. The zero-order valence-corrected chi connectivity index (χ0v) is 12.1. The van der Waals surface area contributed by atoms with Crippen LogP contribution < -0.4 is 0 Å². The van der Waals surface area contributed by atoms with E-state index in [0.717, 1.165) is 11.1 Å². The Morgan fingerprint density at radius 1 is 1.00 bits per heavy atom. The standard InChI is InChI=1S/C18H18O4/c19-17(13-7-12-15-8-3-1-4-9-15)18(20)22-21-14-16-10-5-2-6-11-16/h1-11,13,17,19H,12,14H2/b13-7+/t17-/m0/s1. The highest BCUT2D eigenvalue weighted by atomic mass is 17.2. The van der Waals surface area contributed by atoms with Crippen LogP contribution in [-0.4, -0.2) is 17.2 Å². The van der Waals surface area contributed by atoms with Crippen LogP contribution in [0.25, 0.3) is 0 Å². The Balaban J connectivity index is 1.70. The molecular formula is C18H18O4. The van der Waals surface area contributed by atoms with Crippen molar-refractivity contribution in [3.63, 3.8) is 0 Å². The Kier molecular flexibility index (Phi) is 6.36. The van der Waals surface area contributed by atoms with Gasteiger partial charge >= 0.3 is 5.97 Å². The maximum atomic E-state index is 11.5. The van der Waals surface area contributed by atoms with Gasteiger partial charge < -0.3 is 5.11 Å². The van der Waals surface area contributed by atoms with Gasteiger partial charge in [-0.05, 0) is 23.6 Å². The quantitative estimate of drug-likeness (QED) is 0.485. The molecule has 0 amide bonds. The number of rotatable bonds is 7. The summed E-state index contributed by atoms with van der Waals surface area (Å²) in [6, 6.07) is 19.1. The summed E-state index contributed by atoms with van der Waals surface area (Å²) in [7, 11) is 0. The van der Waals surface area contributed by atoms with E-state index in [1.54, 1.807) is 6.08 Å². The fourth-order valence-corrected chi connectivity index (χ4v) is 1.80. The van der Waals surface area contributed by atoms with Crippen molar-refractivity contribution in [3.8, 4) is 0 Å². The molecule has 2 aromatic carbocycles. The highest BCUT2D eigenvalue weighted by Gasteiger charge is 2.14. The van der Waals surface area contributed by atoms with Gasteiger partial charge in [-0.25, -0.2) is 4.79 Å². The lowest BCUT2D eigenvalue weighted by Gasteiger charge is -2.06. The Bertz CT molecular complexity index is 593. The smallest absolute Gasteiger partial charge is 0.374 e. The second-order valence-electron chi connectivity index (χ2n) is 4.71. The highest BCUT2D eigenvalue weighted by Crippen LogP contribution is 2.03. The van der Waals surface area contributed by atoms with Crippen LogP contribution in [0.1, 0.15) is 11.1 Å². The van der Waals surface area contributed by atoms with E-state index >= 15 is 0 Å². The number of carbonyl (C=O) groups is 1. The highest BCUT2D eigenvalue weighted by molar-refractivity contribution is 5.75. The van der Waals surface area contributed by atoms with Crippen molar-refractivity contribution in [1.82, 2.24) is 0 Å². The number of carbonyl (C=O) groups excluding carboxylic acids is 1. The molecule has 0 saturated heterocycles. The lowest BCUT2D eigenvalue weighted by molar-refractivity contribution is -0.284. The van der Waals surface area contributed by atoms with Crippen molar-refractivity contribution >= 4 is 5.97 Å². The third kappa shape index (κ3) is 5.52. The van der Waals surface area contributed by atoms with Gasteiger partial charge in [0.15, 0.2) is 6.10 Å². The summed E-state index contributed by atoms with van der Waals surface area (Å²) in [6.45, 7) is 0.146. The van der Waals surface area contributed by atoms with Gasteiger partial charge in [-0.1, -0.05) is 66.7 Å². The second-order valence-corrected chi connectivity index (χ2v) is 4.71. The minimum absolute atomic E-state index is 0.146. The van der Waals surface area contributed by atoms with Gasteiger partial charge in [-0.3, -0.25) is 4.89 Å². The van der Waals surface area contributed by atoms with E-state index in [9.17, 15) is 9.90 Å². The van der Waals surface area contributed by atoms with Crippen molar-refractivity contribution < 1.29 is 19.7 Å². The molecule has 0 spiro atoms. The first-order valence-electron chi connectivity index (χ1n) is 7.01. The van der Waals surface area contributed by atoms with Crippen molar-refractivity contribution in [2.45, 2.75) is 19.1 Å². The average Bonchev–Trinajstić information content (AvgIpc) is 2.56. The van der Waals surface area contributed by atoms with Crippen molar-refractivity contribution in [2.24, 2.45) is 0 Å². The number of hydrogen-bond acceptors (Lipinski definition) is 4.